The molecule has 2 aromatic carbocycles. The van der Waals surface area contributed by atoms with Gasteiger partial charge < -0.3 is 14.7 Å². The summed E-state index contributed by atoms with van der Waals surface area (Å²) in [6, 6.07) is 15.7. The number of thioether (sulfide) groups is 1. The summed E-state index contributed by atoms with van der Waals surface area (Å²) in [5.74, 6) is 0.993. The van der Waals surface area contributed by atoms with E-state index in [1.165, 1.54) is 17.3 Å². The van der Waals surface area contributed by atoms with E-state index in [1.807, 2.05) is 56.3 Å². The van der Waals surface area contributed by atoms with E-state index in [2.05, 4.69) is 21.4 Å². The average Bonchev–Trinajstić information content (AvgIpc) is 3.23. The van der Waals surface area contributed by atoms with Gasteiger partial charge in [0, 0.05) is 5.39 Å². The molecule has 0 fully saturated rings. The summed E-state index contributed by atoms with van der Waals surface area (Å²) in [7, 11) is 0. The molecule has 0 saturated carbocycles. The third-order valence-corrected chi connectivity index (χ3v) is 5.08. The molecule has 0 radical (unpaired) electrons. The molecule has 132 valence electrons. The lowest BCUT2D eigenvalue weighted by molar-refractivity contribution is -0.119. The zero-order valence-electron chi connectivity index (χ0n) is 14.6. The molecule has 0 aliphatic heterocycles. The van der Waals surface area contributed by atoms with Crippen molar-refractivity contribution >= 4 is 39.7 Å². The fraction of sp³-hybridized carbons (Fsp3) is 0.200. The van der Waals surface area contributed by atoms with Crippen LogP contribution in [0.1, 0.15) is 24.3 Å². The number of para-hydroxylation sites is 1. The van der Waals surface area contributed by atoms with Gasteiger partial charge in [0.05, 0.1) is 22.8 Å². The highest BCUT2D eigenvalue weighted by atomic mass is 32.2. The van der Waals surface area contributed by atoms with Crippen LogP contribution in [0, 0.1) is 6.92 Å². The zero-order valence-corrected chi connectivity index (χ0v) is 15.4. The molecule has 4 rings (SSSR count). The summed E-state index contributed by atoms with van der Waals surface area (Å²) in [4.78, 5) is 20.0. The van der Waals surface area contributed by atoms with Gasteiger partial charge >= 0.3 is 0 Å². The SMILES string of the molecule is Cc1ccc2nc(SCC(=O)N[C@H](C)c3cc4ccccc4o3)[nH]c2c1. The van der Waals surface area contributed by atoms with Gasteiger partial charge in [-0.25, -0.2) is 4.98 Å². The van der Waals surface area contributed by atoms with Crippen molar-refractivity contribution in [1.29, 1.82) is 0 Å². The Hall–Kier alpha value is -2.73. The number of benzene rings is 2. The van der Waals surface area contributed by atoms with E-state index < -0.39 is 0 Å². The topological polar surface area (TPSA) is 70.9 Å². The minimum Gasteiger partial charge on any atom is -0.459 e. The highest BCUT2D eigenvalue weighted by molar-refractivity contribution is 7.99. The number of aryl methyl sites for hydroxylation is 1. The van der Waals surface area contributed by atoms with E-state index in [-0.39, 0.29) is 11.9 Å². The van der Waals surface area contributed by atoms with Crippen LogP contribution in [-0.2, 0) is 4.79 Å². The monoisotopic (exact) mass is 365 g/mol. The van der Waals surface area contributed by atoms with Crippen molar-refractivity contribution in [2.45, 2.75) is 25.0 Å². The first-order chi connectivity index (χ1) is 12.6. The lowest BCUT2D eigenvalue weighted by Gasteiger charge is -2.10. The molecule has 1 atom stereocenters. The number of nitrogens with zero attached hydrogens (tertiary/aromatic N) is 1. The quantitative estimate of drug-likeness (QED) is 0.508. The molecule has 0 bridgehead atoms. The van der Waals surface area contributed by atoms with E-state index in [4.69, 9.17) is 4.42 Å². The van der Waals surface area contributed by atoms with Gasteiger partial charge in [-0.1, -0.05) is 36.0 Å². The number of carbonyl (C=O) groups is 1. The molecule has 2 aromatic heterocycles. The Labute approximate surface area is 155 Å². The molecular weight excluding hydrogens is 346 g/mol. The van der Waals surface area contributed by atoms with Crippen LogP contribution in [0.25, 0.3) is 22.0 Å². The second kappa shape index (κ2) is 6.88. The summed E-state index contributed by atoms with van der Waals surface area (Å²) in [6.07, 6.45) is 0. The van der Waals surface area contributed by atoms with Crippen LogP contribution in [0.3, 0.4) is 0 Å². The van der Waals surface area contributed by atoms with Gasteiger partial charge in [0.15, 0.2) is 5.16 Å². The molecule has 4 aromatic rings. The number of rotatable bonds is 5. The third-order valence-electron chi connectivity index (χ3n) is 4.20. The molecule has 6 heteroatoms. The van der Waals surface area contributed by atoms with Crippen LogP contribution in [0.2, 0.25) is 0 Å². The molecular formula is C20H19N3O2S. The molecule has 2 heterocycles. The van der Waals surface area contributed by atoms with Crippen LogP contribution < -0.4 is 5.32 Å². The number of fused-ring (bicyclic) bond motifs is 2. The van der Waals surface area contributed by atoms with E-state index >= 15 is 0 Å². The maximum absolute atomic E-state index is 12.3. The molecule has 0 aliphatic rings. The summed E-state index contributed by atoms with van der Waals surface area (Å²) in [6.45, 7) is 3.96. The van der Waals surface area contributed by atoms with Crippen LogP contribution in [0.5, 0.6) is 0 Å². The largest absolute Gasteiger partial charge is 0.459 e. The lowest BCUT2D eigenvalue weighted by atomic mass is 10.2. The Balaban J connectivity index is 1.38. The van der Waals surface area contributed by atoms with Crippen molar-refractivity contribution in [3.8, 4) is 0 Å². The smallest absolute Gasteiger partial charge is 0.231 e. The molecule has 5 nitrogen and oxygen atoms in total. The number of furan rings is 1. The number of aromatic nitrogens is 2. The number of carbonyl (C=O) groups excluding carboxylic acids is 1. The van der Waals surface area contributed by atoms with E-state index in [0.717, 1.165) is 32.9 Å². The Bertz CT molecular complexity index is 1050. The maximum atomic E-state index is 12.3. The average molecular weight is 365 g/mol. The summed E-state index contributed by atoms with van der Waals surface area (Å²) >= 11 is 1.39. The molecule has 2 N–H and O–H groups in total. The Morgan fingerprint density at radius 2 is 2.12 bits per heavy atom. The fourth-order valence-corrected chi connectivity index (χ4v) is 3.57. The third kappa shape index (κ3) is 3.46. The highest BCUT2D eigenvalue weighted by Crippen LogP contribution is 2.24. The molecule has 1 amide bonds. The lowest BCUT2D eigenvalue weighted by Crippen LogP contribution is -2.27. The second-order valence-corrected chi connectivity index (χ2v) is 7.29. The molecule has 26 heavy (non-hydrogen) atoms. The number of H-pyrrole nitrogens is 1. The number of imidazole rings is 1. The van der Waals surface area contributed by atoms with Gasteiger partial charge in [-0.15, -0.1) is 0 Å². The first-order valence-corrected chi connectivity index (χ1v) is 9.44. The number of hydrogen-bond donors (Lipinski definition) is 2. The van der Waals surface area contributed by atoms with E-state index in [0.29, 0.717) is 5.75 Å². The van der Waals surface area contributed by atoms with Gasteiger partial charge in [-0.05, 0) is 43.7 Å². The van der Waals surface area contributed by atoms with Crippen LogP contribution in [0.4, 0.5) is 0 Å². The van der Waals surface area contributed by atoms with Crippen LogP contribution in [-0.4, -0.2) is 21.6 Å². The number of aromatic amines is 1. The van der Waals surface area contributed by atoms with Crippen molar-refractivity contribution in [3.63, 3.8) is 0 Å². The second-order valence-electron chi connectivity index (χ2n) is 6.33. The number of amides is 1. The van der Waals surface area contributed by atoms with Crippen molar-refractivity contribution < 1.29 is 9.21 Å². The van der Waals surface area contributed by atoms with Gasteiger partial charge in [0.25, 0.3) is 0 Å². The summed E-state index contributed by atoms with van der Waals surface area (Å²) in [5, 5.41) is 4.76. The standard InChI is InChI=1S/C20H19N3O2S/c1-12-7-8-15-16(9-12)23-20(22-15)26-11-19(24)21-13(2)18-10-14-5-3-4-6-17(14)25-18/h3-10,13H,11H2,1-2H3,(H,21,24)(H,22,23)/t13-/m1/s1. The normalized spacial score (nSPS) is 12.5. The van der Waals surface area contributed by atoms with Gasteiger partial charge in [-0.3, -0.25) is 4.79 Å². The predicted octanol–water partition coefficient (Wildman–Crippen LogP) is 4.59. The minimum absolute atomic E-state index is 0.0559. The molecule has 0 spiro atoms. The Kier molecular flexibility index (Phi) is 4.42. The highest BCUT2D eigenvalue weighted by Gasteiger charge is 2.15. The van der Waals surface area contributed by atoms with Crippen molar-refractivity contribution in [1.82, 2.24) is 15.3 Å². The Morgan fingerprint density at radius 1 is 1.27 bits per heavy atom. The first kappa shape index (κ1) is 16.7. The van der Waals surface area contributed by atoms with Crippen molar-refractivity contribution in [3.05, 3.63) is 59.9 Å². The molecule has 0 saturated heterocycles. The number of nitrogens with one attached hydrogen (secondary N) is 2. The van der Waals surface area contributed by atoms with Crippen molar-refractivity contribution in [2.24, 2.45) is 0 Å². The molecule has 0 aliphatic carbocycles. The predicted molar refractivity (Wildman–Crippen MR) is 104 cm³/mol. The molecule has 0 unspecified atom stereocenters. The van der Waals surface area contributed by atoms with Gasteiger partial charge in [-0.2, -0.15) is 0 Å². The van der Waals surface area contributed by atoms with Gasteiger partial charge in [0.1, 0.15) is 11.3 Å². The summed E-state index contributed by atoms with van der Waals surface area (Å²) < 4.78 is 5.80. The maximum Gasteiger partial charge on any atom is 0.231 e. The zero-order chi connectivity index (χ0) is 18.1. The van der Waals surface area contributed by atoms with Crippen LogP contribution in [0.15, 0.2) is 58.1 Å². The van der Waals surface area contributed by atoms with E-state index in [9.17, 15) is 4.79 Å². The summed E-state index contributed by atoms with van der Waals surface area (Å²) in [5.41, 5.74) is 3.91. The first-order valence-electron chi connectivity index (χ1n) is 8.45. The van der Waals surface area contributed by atoms with E-state index in [1.54, 1.807) is 0 Å². The van der Waals surface area contributed by atoms with Crippen LogP contribution >= 0.6 is 11.8 Å². The minimum atomic E-state index is -0.186. The Morgan fingerprint density at radius 3 is 2.96 bits per heavy atom. The van der Waals surface area contributed by atoms with Gasteiger partial charge in [0.2, 0.25) is 5.91 Å². The number of hydrogen-bond acceptors (Lipinski definition) is 4. The van der Waals surface area contributed by atoms with Crippen molar-refractivity contribution in [2.75, 3.05) is 5.75 Å². The fourth-order valence-electron chi connectivity index (χ4n) is 2.87.